The van der Waals surface area contributed by atoms with Crippen LogP contribution in [0.1, 0.15) is 18.1 Å². The lowest BCUT2D eigenvalue weighted by molar-refractivity contribution is -0.179. The monoisotopic (exact) mass is 166 g/mol. The van der Waals surface area contributed by atoms with Crippen molar-refractivity contribution in [2.75, 3.05) is 7.11 Å². The molecule has 0 aliphatic carbocycles. The summed E-state index contributed by atoms with van der Waals surface area (Å²) in [4.78, 5) is 0. The molecule has 1 atom stereocenters. The molecule has 0 aliphatic rings. The molecule has 1 N–H and O–H groups in total. The van der Waals surface area contributed by atoms with Gasteiger partial charge in [0.15, 0.2) is 5.79 Å². The van der Waals surface area contributed by atoms with Gasteiger partial charge in [0.05, 0.1) is 0 Å². The Morgan fingerprint density at radius 3 is 2.17 bits per heavy atom. The standard InChI is InChI=1S/C10H14O2/c1-8-4-6-9(7-5-8)10(2,11)12-3/h4-7,11H,1-3H3. The fourth-order valence-electron chi connectivity index (χ4n) is 0.981. The largest absolute Gasteiger partial charge is 0.362 e. The van der Waals surface area contributed by atoms with E-state index in [1.54, 1.807) is 6.92 Å². The van der Waals surface area contributed by atoms with E-state index in [2.05, 4.69) is 0 Å². The summed E-state index contributed by atoms with van der Waals surface area (Å²) in [5.41, 5.74) is 1.95. The van der Waals surface area contributed by atoms with Gasteiger partial charge < -0.3 is 9.84 Å². The molecule has 2 nitrogen and oxygen atoms in total. The van der Waals surface area contributed by atoms with Gasteiger partial charge in [-0.2, -0.15) is 0 Å². The molecule has 2 heteroatoms. The molecule has 0 radical (unpaired) electrons. The van der Waals surface area contributed by atoms with E-state index in [-0.39, 0.29) is 0 Å². The van der Waals surface area contributed by atoms with Gasteiger partial charge in [-0.1, -0.05) is 29.8 Å². The first-order chi connectivity index (χ1) is 5.56. The van der Waals surface area contributed by atoms with Crippen molar-refractivity contribution < 1.29 is 9.84 Å². The molecule has 66 valence electrons. The van der Waals surface area contributed by atoms with Crippen molar-refractivity contribution in [1.82, 2.24) is 0 Å². The molecule has 0 aliphatic heterocycles. The molecular formula is C10H14O2. The molecule has 0 saturated heterocycles. The quantitative estimate of drug-likeness (QED) is 0.679. The van der Waals surface area contributed by atoms with Gasteiger partial charge in [0.1, 0.15) is 0 Å². The Bertz CT molecular complexity index is 249. The summed E-state index contributed by atoms with van der Waals surface area (Å²) in [6.07, 6.45) is 0. The van der Waals surface area contributed by atoms with Crippen LogP contribution in [0.25, 0.3) is 0 Å². The van der Waals surface area contributed by atoms with Crippen LogP contribution in [-0.2, 0) is 10.5 Å². The van der Waals surface area contributed by atoms with E-state index in [9.17, 15) is 5.11 Å². The van der Waals surface area contributed by atoms with Crippen LogP contribution >= 0.6 is 0 Å². The van der Waals surface area contributed by atoms with Crippen molar-refractivity contribution in [1.29, 1.82) is 0 Å². The molecule has 0 bridgehead atoms. The number of methoxy groups -OCH3 is 1. The van der Waals surface area contributed by atoms with Crippen LogP contribution in [0.2, 0.25) is 0 Å². The van der Waals surface area contributed by atoms with Crippen LogP contribution in [0, 0.1) is 6.92 Å². The number of hydrogen-bond donors (Lipinski definition) is 1. The van der Waals surface area contributed by atoms with Crippen molar-refractivity contribution in [3.8, 4) is 0 Å². The minimum atomic E-state index is -1.17. The highest BCUT2D eigenvalue weighted by molar-refractivity contribution is 5.24. The molecule has 0 amide bonds. The summed E-state index contributed by atoms with van der Waals surface area (Å²) in [7, 11) is 1.49. The Morgan fingerprint density at radius 2 is 1.75 bits per heavy atom. The first-order valence-electron chi connectivity index (χ1n) is 3.91. The number of hydrogen-bond acceptors (Lipinski definition) is 2. The molecule has 0 aromatic heterocycles. The molecule has 0 heterocycles. The van der Waals surface area contributed by atoms with Crippen LogP contribution in [0.3, 0.4) is 0 Å². The third-order valence-corrected chi connectivity index (χ3v) is 1.98. The highest BCUT2D eigenvalue weighted by atomic mass is 16.6. The van der Waals surface area contributed by atoms with Gasteiger partial charge in [0.25, 0.3) is 0 Å². The fourth-order valence-corrected chi connectivity index (χ4v) is 0.981. The van der Waals surface area contributed by atoms with Crippen LogP contribution < -0.4 is 0 Å². The number of aryl methyl sites for hydroxylation is 1. The average molecular weight is 166 g/mol. The Morgan fingerprint density at radius 1 is 1.25 bits per heavy atom. The summed E-state index contributed by atoms with van der Waals surface area (Å²) in [6.45, 7) is 3.63. The zero-order valence-electron chi connectivity index (χ0n) is 7.66. The molecule has 1 rings (SSSR count). The summed E-state index contributed by atoms with van der Waals surface area (Å²) in [5.74, 6) is -1.17. The highest BCUT2D eigenvalue weighted by Gasteiger charge is 2.20. The van der Waals surface area contributed by atoms with Crippen molar-refractivity contribution >= 4 is 0 Å². The fraction of sp³-hybridized carbons (Fsp3) is 0.400. The van der Waals surface area contributed by atoms with Gasteiger partial charge >= 0.3 is 0 Å². The molecule has 1 aromatic carbocycles. The lowest BCUT2D eigenvalue weighted by Crippen LogP contribution is -2.23. The van der Waals surface area contributed by atoms with E-state index in [1.165, 1.54) is 12.7 Å². The van der Waals surface area contributed by atoms with Gasteiger partial charge in [-0.3, -0.25) is 0 Å². The van der Waals surface area contributed by atoms with Crippen LogP contribution in [-0.4, -0.2) is 12.2 Å². The van der Waals surface area contributed by atoms with Gasteiger partial charge in [0.2, 0.25) is 0 Å². The zero-order chi connectivity index (χ0) is 9.19. The second kappa shape index (κ2) is 3.25. The Labute approximate surface area is 72.8 Å². The maximum Gasteiger partial charge on any atom is 0.189 e. The van der Waals surface area contributed by atoms with Crippen LogP contribution in [0.5, 0.6) is 0 Å². The highest BCUT2D eigenvalue weighted by Crippen LogP contribution is 2.20. The first-order valence-corrected chi connectivity index (χ1v) is 3.91. The Hall–Kier alpha value is -0.860. The molecule has 0 fully saturated rings. The van der Waals surface area contributed by atoms with E-state index in [1.807, 2.05) is 31.2 Å². The maximum atomic E-state index is 9.66. The SMILES string of the molecule is COC(C)(O)c1ccc(C)cc1. The normalized spacial score (nSPS) is 15.7. The number of benzene rings is 1. The first kappa shape index (κ1) is 9.23. The van der Waals surface area contributed by atoms with Gasteiger partial charge in [-0.25, -0.2) is 0 Å². The number of rotatable bonds is 2. The number of aliphatic hydroxyl groups is 1. The zero-order valence-corrected chi connectivity index (χ0v) is 7.66. The topological polar surface area (TPSA) is 29.5 Å². The second-order valence-corrected chi connectivity index (χ2v) is 3.05. The van der Waals surface area contributed by atoms with Crippen LogP contribution in [0.4, 0.5) is 0 Å². The summed E-state index contributed by atoms with van der Waals surface area (Å²) < 4.78 is 4.92. The van der Waals surface area contributed by atoms with E-state index in [0.717, 1.165) is 5.56 Å². The molecule has 1 aromatic rings. The van der Waals surface area contributed by atoms with E-state index in [4.69, 9.17) is 4.74 Å². The second-order valence-electron chi connectivity index (χ2n) is 3.05. The minimum absolute atomic E-state index is 0.774. The van der Waals surface area contributed by atoms with Gasteiger partial charge in [-0.15, -0.1) is 0 Å². The Balaban J connectivity index is 2.96. The van der Waals surface area contributed by atoms with Gasteiger partial charge in [0, 0.05) is 12.7 Å². The van der Waals surface area contributed by atoms with Crippen molar-refractivity contribution in [2.24, 2.45) is 0 Å². The Kier molecular flexibility index (Phi) is 2.50. The maximum absolute atomic E-state index is 9.66. The number of ether oxygens (including phenoxy) is 1. The lowest BCUT2D eigenvalue weighted by Gasteiger charge is -2.21. The van der Waals surface area contributed by atoms with Crippen molar-refractivity contribution in [2.45, 2.75) is 19.6 Å². The molecule has 12 heavy (non-hydrogen) atoms. The van der Waals surface area contributed by atoms with E-state index < -0.39 is 5.79 Å². The van der Waals surface area contributed by atoms with Crippen molar-refractivity contribution in [3.63, 3.8) is 0 Å². The minimum Gasteiger partial charge on any atom is -0.362 e. The smallest absolute Gasteiger partial charge is 0.189 e. The van der Waals surface area contributed by atoms with Gasteiger partial charge in [-0.05, 0) is 13.8 Å². The average Bonchev–Trinajstić information content (AvgIpc) is 2.05. The summed E-state index contributed by atoms with van der Waals surface area (Å²) in [6, 6.07) is 7.61. The van der Waals surface area contributed by atoms with E-state index in [0.29, 0.717) is 0 Å². The molecule has 0 saturated carbocycles. The van der Waals surface area contributed by atoms with Crippen molar-refractivity contribution in [3.05, 3.63) is 35.4 Å². The third kappa shape index (κ3) is 1.84. The summed E-state index contributed by atoms with van der Waals surface area (Å²) in [5, 5.41) is 9.66. The molecule has 1 unspecified atom stereocenters. The predicted octanol–water partition coefficient (Wildman–Crippen LogP) is 1.81. The third-order valence-electron chi connectivity index (χ3n) is 1.98. The predicted molar refractivity (Wildman–Crippen MR) is 47.8 cm³/mol. The lowest BCUT2D eigenvalue weighted by atomic mass is 10.1. The van der Waals surface area contributed by atoms with E-state index >= 15 is 0 Å². The molecule has 0 spiro atoms. The molecular weight excluding hydrogens is 152 g/mol. The van der Waals surface area contributed by atoms with Crippen LogP contribution in [0.15, 0.2) is 24.3 Å². The summed E-state index contributed by atoms with van der Waals surface area (Å²) >= 11 is 0.